The quantitative estimate of drug-likeness (QED) is 0.0242. The van der Waals surface area contributed by atoms with Crippen LogP contribution in [0, 0.1) is 17.8 Å². The number of rotatable bonds is 32. The molecular weight excluding hydrogens is 1230 g/mol. The van der Waals surface area contributed by atoms with Crippen LogP contribution in [0.5, 0.6) is 0 Å². The second kappa shape index (κ2) is 33.3. The molecular formula is C51H92N3O30P3. The van der Waals surface area contributed by atoms with Gasteiger partial charge in [-0.25, -0.2) is 9.13 Å². The first kappa shape index (κ1) is 74.2. The van der Waals surface area contributed by atoms with Crippen LogP contribution >= 0.6 is 23.2 Å². The fourth-order valence-corrected chi connectivity index (χ4v) is 13.8. The molecule has 33 nitrogen and oxygen atoms in total. The normalized spacial score (nSPS) is 38.0. The van der Waals surface area contributed by atoms with Crippen molar-refractivity contribution in [1.82, 2.24) is 14.7 Å². The molecule has 0 spiro atoms. The minimum atomic E-state index is -5.12. The Hall–Kier alpha value is -1.86. The number of phosphoric acid groups is 2. The van der Waals surface area contributed by atoms with Gasteiger partial charge in [-0.15, -0.1) is 0 Å². The van der Waals surface area contributed by atoms with E-state index in [1.54, 1.807) is 20.8 Å². The van der Waals surface area contributed by atoms with Crippen LogP contribution in [0.4, 0.5) is 0 Å². The summed E-state index contributed by atoms with van der Waals surface area (Å²) in [4.78, 5) is 77.5. The average molecular weight is 1320 g/mol. The van der Waals surface area contributed by atoms with Crippen LogP contribution in [-0.4, -0.2) is 293 Å². The monoisotopic (exact) mass is 1320 g/mol. The largest absolute Gasteiger partial charge is 0.472 e. The second-order valence-electron chi connectivity index (χ2n) is 23.5. The van der Waals surface area contributed by atoms with Crippen LogP contribution < -0.4 is 0 Å². The number of β-amino-alcohol motifs (C(OH)–C–C–N with tert-alkyl or cyclic N) is 1. The van der Waals surface area contributed by atoms with E-state index in [0.717, 1.165) is 0 Å². The van der Waals surface area contributed by atoms with Crippen molar-refractivity contribution >= 4 is 41.0 Å². The lowest BCUT2D eigenvalue weighted by Crippen LogP contribution is -2.55. The summed E-state index contributed by atoms with van der Waals surface area (Å²) in [5.74, 6) is -3.66. The summed E-state index contributed by atoms with van der Waals surface area (Å²) in [6.45, 7) is 3.08. The third kappa shape index (κ3) is 20.3. The molecule has 0 aromatic heterocycles. The molecule has 13 N–H and O–H groups in total. The summed E-state index contributed by atoms with van der Waals surface area (Å²) in [7, 11) is -14.3. The molecule has 3 amide bonds. The summed E-state index contributed by atoms with van der Waals surface area (Å²) in [6, 6.07) is -2.95. The molecule has 24 atom stereocenters. The Bertz CT molecular complexity index is 2330. The fourth-order valence-electron chi connectivity index (χ4n) is 11.3. The summed E-state index contributed by atoms with van der Waals surface area (Å²) in [5, 5.41) is 101. The minimum absolute atomic E-state index is 0.0268. The summed E-state index contributed by atoms with van der Waals surface area (Å²) in [5.41, 5.74) is -0.818. The highest BCUT2D eigenvalue weighted by atomic mass is 31.2. The van der Waals surface area contributed by atoms with E-state index in [1.807, 2.05) is 0 Å². The highest BCUT2D eigenvalue weighted by molar-refractivity contribution is 7.53. The maximum atomic E-state index is 14.0. The Balaban J connectivity index is 1.06. The number of aliphatic hydroxyl groups excluding tert-OH is 10. The maximum Gasteiger partial charge on any atom is 0.472 e. The SMILES string of the molecule is CC(C)P(=O)(O)OC[C@@H]1C[C@@H](OP(=O)(O)OC[C@@H]2C[C@@H](OP(=O)(O)OC[C@@H]3C[C@@H](O)CN3C(=O)CCCO[C@@H]3OC(CO)[C@H](O)C(O)[C@@H]3C)CN2C(=O)CCCO[C@@H]2OC(CO)[C@H](O)C(O)[C@@H]2C)CN1C(=O)CCCO[C@@H]1OC(CO)[C@H](O)C(O)[C@@H]1C. The molecule has 0 bridgehead atoms. The van der Waals surface area contributed by atoms with Crippen LogP contribution in [0.1, 0.15) is 92.4 Å². The van der Waals surface area contributed by atoms with E-state index in [1.165, 1.54) is 28.5 Å². The number of aliphatic hydroxyl groups is 10. The van der Waals surface area contributed by atoms with Crippen molar-refractivity contribution in [2.24, 2.45) is 17.8 Å². The first-order chi connectivity index (χ1) is 40.9. The molecule has 0 saturated carbocycles. The molecule has 6 aliphatic rings. The standard InChI is InChI=1S/C51H92N3O30P3/c1-27(2)85(68,69)77-24-32-16-35(19-53(32)41(60)10-7-13-75-50-29(4)44(63)47(66)38(22-56)81-50)83-87(72,73)79-26-33-17-36(20-54(33)42(61)11-8-14-76-51-30(5)45(64)48(67)39(23-57)82-51)84-86(70,71)78-25-31-15-34(58)18-52(31)40(59)9-6-12-74-49-28(3)43(62)46(65)37(21-55)80-49/h27-39,43-51,55-58,62-67H,6-26H2,1-5H3,(H,68,69)(H,70,71)(H,72,73)/t28-,29-,30-,31-,32-,33-,34+,35+,36+,37?,38?,39?,43?,44?,45?,46-,47-,48-,49+,50+,51+/m0/s1. The Morgan fingerprint density at radius 3 is 1.11 bits per heavy atom. The highest BCUT2D eigenvalue weighted by Gasteiger charge is 2.48. The first-order valence-corrected chi connectivity index (χ1v) is 34.1. The van der Waals surface area contributed by atoms with Gasteiger partial charge in [-0.3, -0.25) is 37.0 Å². The Labute approximate surface area is 504 Å². The number of carbonyl (C=O) groups is 3. The summed E-state index contributed by atoms with van der Waals surface area (Å²) in [6.07, 6.45) is -18.5. The number of phosphoric ester groups is 2. The molecule has 36 heteroatoms. The Morgan fingerprint density at radius 1 is 0.483 bits per heavy atom. The van der Waals surface area contributed by atoms with Crippen molar-refractivity contribution in [2.45, 2.75) is 208 Å². The third-order valence-electron chi connectivity index (χ3n) is 16.6. The van der Waals surface area contributed by atoms with E-state index in [0.29, 0.717) is 0 Å². The third-order valence-corrected chi connectivity index (χ3v) is 20.6. The van der Waals surface area contributed by atoms with Crippen molar-refractivity contribution in [2.75, 3.05) is 79.1 Å². The molecule has 506 valence electrons. The van der Waals surface area contributed by atoms with E-state index >= 15 is 0 Å². The molecule has 6 heterocycles. The van der Waals surface area contributed by atoms with Gasteiger partial charge in [0, 0.05) is 56.7 Å². The predicted octanol–water partition coefficient (Wildman–Crippen LogP) is -2.62. The molecule has 87 heavy (non-hydrogen) atoms. The topological polar surface area (TPSA) is 477 Å². The zero-order valence-corrected chi connectivity index (χ0v) is 52.2. The van der Waals surface area contributed by atoms with E-state index in [4.69, 9.17) is 51.0 Å². The van der Waals surface area contributed by atoms with Crippen molar-refractivity contribution in [3.63, 3.8) is 0 Å². The van der Waals surface area contributed by atoms with Gasteiger partial charge in [0.15, 0.2) is 18.9 Å². The molecule has 0 aromatic carbocycles. The highest BCUT2D eigenvalue weighted by Crippen LogP contribution is 2.51. The summed E-state index contributed by atoms with van der Waals surface area (Å²) >= 11 is 0. The maximum absolute atomic E-state index is 14.0. The summed E-state index contributed by atoms with van der Waals surface area (Å²) < 4.78 is 101. The van der Waals surface area contributed by atoms with Gasteiger partial charge >= 0.3 is 23.2 Å². The molecule has 0 aliphatic carbocycles. The van der Waals surface area contributed by atoms with Crippen molar-refractivity contribution in [3.8, 4) is 0 Å². The first-order valence-electron chi connectivity index (χ1n) is 29.5. The molecule has 6 saturated heterocycles. The number of hydrogen-bond acceptors (Lipinski definition) is 27. The Kier molecular flexibility index (Phi) is 28.4. The van der Waals surface area contributed by atoms with Gasteiger partial charge in [-0.2, -0.15) is 0 Å². The zero-order valence-electron chi connectivity index (χ0n) is 49.5. The van der Waals surface area contributed by atoms with E-state index < -0.39 is 214 Å². The number of likely N-dealkylation sites (tertiary alicyclic amines) is 3. The lowest BCUT2D eigenvalue weighted by molar-refractivity contribution is -0.282. The van der Waals surface area contributed by atoms with Gasteiger partial charge in [-0.05, 0) is 38.5 Å². The van der Waals surface area contributed by atoms with Gasteiger partial charge in [0.1, 0.15) is 36.6 Å². The average Bonchev–Trinajstić information content (AvgIpc) is 2.51. The molecule has 9 unspecified atom stereocenters. The smallest absolute Gasteiger partial charge is 0.394 e. The van der Waals surface area contributed by atoms with Crippen molar-refractivity contribution < 1.29 is 145 Å². The second-order valence-corrected chi connectivity index (χ2v) is 28.7. The van der Waals surface area contributed by atoms with E-state index in [2.05, 4.69) is 0 Å². The number of hydrogen-bond donors (Lipinski definition) is 13. The minimum Gasteiger partial charge on any atom is -0.394 e. The van der Waals surface area contributed by atoms with Crippen molar-refractivity contribution in [1.29, 1.82) is 0 Å². The van der Waals surface area contributed by atoms with Crippen LogP contribution in [0.2, 0.25) is 0 Å². The fraction of sp³-hybridized carbons (Fsp3) is 0.941. The lowest BCUT2D eigenvalue weighted by atomic mass is 9.92. The van der Waals surface area contributed by atoms with E-state index in [9.17, 15) is 93.8 Å². The number of nitrogens with zero attached hydrogens (tertiary/aromatic N) is 3. The molecule has 0 radical (unpaired) electrons. The van der Waals surface area contributed by atoms with Crippen molar-refractivity contribution in [3.05, 3.63) is 0 Å². The lowest BCUT2D eigenvalue weighted by Gasteiger charge is -2.40. The van der Waals surface area contributed by atoms with Gasteiger partial charge in [0.05, 0.1) is 120 Å². The number of amides is 3. The molecule has 6 fully saturated rings. The van der Waals surface area contributed by atoms with Crippen LogP contribution in [0.25, 0.3) is 0 Å². The number of carbonyl (C=O) groups excluding carboxylic acids is 3. The molecule has 6 aliphatic heterocycles. The number of ether oxygens (including phenoxy) is 6. The predicted molar refractivity (Wildman–Crippen MR) is 295 cm³/mol. The van der Waals surface area contributed by atoms with E-state index in [-0.39, 0.29) is 97.2 Å². The van der Waals surface area contributed by atoms with Crippen LogP contribution in [0.3, 0.4) is 0 Å². The van der Waals surface area contributed by atoms with Gasteiger partial charge in [-0.1, -0.05) is 34.6 Å². The van der Waals surface area contributed by atoms with Gasteiger partial charge in [0.25, 0.3) is 0 Å². The molecule has 0 aromatic rings. The Morgan fingerprint density at radius 2 is 0.793 bits per heavy atom. The van der Waals surface area contributed by atoms with Crippen LogP contribution in [-0.2, 0) is 79.1 Å². The van der Waals surface area contributed by atoms with Gasteiger partial charge < -0.3 is 113 Å². The van der Waals surface area contributed by atoms with Gasteiger partial charge in [0.2, 0.25) is 17.7 Å². The zero-order chi connectivity index (χ0) is 64.3. The molecule has 6 rings (SSSR count). The van der Waals surface area contributed by atoms with Crippen LogP contribution in [0.15, 0.2) is 0 Å².